The molecular weight excluding hydrogens is 365 g/mol. The average molecular weight is 382 g/mol. The number of methoxy groups -OCH3 is 1. The van der Waals surface area contributed by atoms with E-state index < -0.39 is 11.9 Å². The number of benzene rings is 2. The minimum atomic E-state index is -0.543. The number of hydrogen-bond acceptors (Lipinski definition) is 4. The molecule has 1 N–H and O–H groups in total. The molecule has 5 nitrogen and oxygen atoms in total. The first-order valence-electron chi connectivity index (χ1n) is 7.47. The van der Waals surface area contributed by atoms with E-state index in [1.807, 2.05) is 6.07 Å². The Kier molecular flexibility index (Phi) is 7.10. The summed E-state index contributed by atoms with van der Waals surface area (Å²) in [5, 5.41) is 3.74. The van der Waals surface area contributed by atoms with Gasteiger partial charge in [-0.3, -0.25) is 9.59 Å². The van der Waals surface area contributed by atoms with E-state index in [0.717, 1.165) is 5.56 Å². The van der Waals surface area contributed by atoms with Crippen LogP contribution in [0.25, 0.3) is 0 Å². The third-order valence-corrected chi connectivity index (χ3v) is 3.79. The van der Waals surface area contributed by atoms with Gasteiger partial charge in [0.1, 0.15) is 5.75 Å². The van der Waals surface area contributed by atoms with Gasteiger partial charge in [-0.25, -0.2) is 0 Å². The highest BCUT2D eigenvalue weighted by Gasteiger charge is 2.12. The van der Waals surface area contributed by atoms with Crippen LogP contribution in [0.1, 0.15) is 11.1 Å². The van der Waals surface area contributed by atoms with Crippen molar-refractivity contribution in [2.45, 2.75) is 13.0 Å². The zero-order valence-corrected chi connectivity index (χ0v) is 15.1. The molecule has 25 heavy (non-hydrogen) atoms. The van der Waals surface area contributed by atoms with Crippen LogP contribution in [-0.2, 0) is 27.3 Å². The van der Waals surface area contributed by atoms with Crippen molar-refractivity contribution >= 4 is 35.1 Å². The van der Waals surface area contributed by atoms with Gasteiger partial charge in [0.15, 0.2) is 6.61 Å². The van der Waals surface area contributed by atoms with Crippen LogP contribution < -0.4 is 10.1 Å². The maximum Gasteiger partial charge on any atom is 0.310 e. The third kappa shape index (κ3) is 6.29. The van der Waals surface area contributed by atoms with E-state index in [-0.39, 0.29) is 13.0 Å². The molecule has 132 valence electrons. The van der Waals surface area contributed by atoms with Crippen LogP contribution in [0.15, 0.2) is 42.5 Å². The number of esters is 1. The van der Waals surface area contributed by atoms with Gasteiger partial charge in [-0.05, 0) is 35.9 Å². The topological polar surface area (TPSA) is 64.6 Å². The molecule has 0 heterocycles. The number of hydrogen-bond donors (Lipinski definition) is 1. The molecule has 0 aliphatic rings. The Labute approximate surface area is 155 Å². The molecule has 0 aliphatic heterocycles. The zero-order valence-electron chi connectivity index (χ0n) is 13.6. The summed E-state index contributed by atoms with van der Waals surface area (Å²) in [6.07, 6.45) is -0.0364. The highest BCUT2D eigenvalue weighted by atomic mass is 35.5. The Hall–Kier alpha value is -2.24. The maximum atomic E-state index is 11.9. The molecule has 0 aromatic heterocycles. The van der Waals surface area contributed by atoms with Crippen LogP contribution in [0.4, 0.5) is 0 Å². The van der Waals surface area contributed by atoms with Gasteiger partial charge < -0.3 is 14.8 Å². The number of rotatable bonds is 7. The van der Waals surface area contributed by atoms with E-state index >= 15 is 0 Å². The van der Waals surface area contributed by atoms with Crippen LogP contribution in [0.2, 0.25) is 10.0 Å². The first-order valence-corrected chi connectivity index (χ1v) is 8.22. The van der Waals surface area contributed by atoms with Crippen molar-refractivity contribution in [2.75, 3.05) is 13.7 Å². The summed E-state index contributed by atoms with van der Waals surface area (Å²) in [6, 6.07) is 12.1. The third-order valence-electron chi connectivity index (χ3n) is 3.32. The van der Waals surface area contributed by atoms with E-state index in [4.69, 9.17) is 32.7 Å². The molecule has 0 spiro atoms. The minimum Gasteiger partial charge on any atom is -0.496 e. The van der Waals surface area contributed by atoms with Crippen molar-refractivity contribution in [3.63, 3.8) is 0 Å². The molecule has 2 aromatic rings. The Bertz CT molecular complexity index is 764. The molecule has 0 bridgehead atoms. The normalized spacial score (nSPS) is 10.2. The Morgan fingerprint density at radius 1 is 1.08 bits per heavy atom. The standard InChI is InChI=1S/C18H17Cl2NO4/c1-24-16-6-5-15(20)8-13(16)9-18(23)25-11-17(22)21-10-12-3-2-4-14(19)7-12/h2-8H,9-11H2,1H3,(H,21,22). The number of halogens is 2. The maximum absolute atomic E-state index is 11.9. The predicted molar refractivity (Wildman–Crippen MR) is 96.0 cm³/mol. The fourth-order valence-electron chi connectivity index (χ4n) is 2.14. The highest BCUT2D eigenvalue weighted by molar-refractivity contribution is 6.31. The highest BCUT2D eigenvalue weighted by Crippen LogP contribution is 2.23. The second-order valence-electron chi connectivity index (χ2n) is 5.20. The van der Waals surface area contributed by atoms with Gasteiger partial charge >= 0.3 is 5.97 Å². The number of carbonyl (C=O) groups is 2. The van der Waals surface area contributed by atoms with Gasteiger partial charge in [0.25, 0.3) is 5.91 Å². The zero-order chi connectivity index (χ0) is 18.2. The average Bonchev–Trinajstić information content (AvgIpc) is 2.58. The Morgan fingerprint density at radius 2 is 1.84 bits per heavy atom. The van der Waals surface area contributed by atoms with Gasteiger partial charge in [-0.15, -0.1) is 0 Å². The second kappa shape index (κ2) is 9.30. The van der Waals surface area contributed by atoms with E-state index in [2.05, 4.69) is 5.32 Å². The lowest BCUT2D eigenvalue weighted by Gasteiger charge is -2.09. The number of amides is 1. The molecular formula is C18H17Cl2NO4. The van der Waals surface area contributed by atoms with Crippen LogP contribution in [0.5, 0.6) is 5.75 Å². The summed E-state index contributed by atoms with van der Waals surface area (Å²) in [7, 11) is 1.50. The van der Waals surface area contributed by atoms with Gasteiger partial charge in [-0.1, -0.05) is 35.3 Å². The molecule has 0 atom stereocenters. The van der Waals surface area contributed by atoms with Crippen molar-refractivity contribution in [2.24, 2.45) is 0 Å². The van der Waals surface area contributed by atoms with Crippen molar-refractivity contribution in [1.82, 2.24) is 5.32 Å². The minimum absolute atomic E-state index is 0.0364. The van der Waals surface area contributed by atoms with E-state index in [0.29, 0.717) is 27.9 Å². The Morgan fingerprint density at radius 3 is 2.56 bits per heavy atom. The van der Waals surface area contributed by atoms with E-state index in [9.17, 15) is 9.59 Å². The fourth-order valence-corrected chi connectivity index (χ4v) is 2.54. The quantitative estimate of drug-likeness (QED) is 0.746. The summed E-state index contributed by atoms with van der Waals surface area (Å²) < 4.78 is 10.2. The SMILES string of the molecule is COc1ccc(Cl)cc1CC(=O)OCC(=O)NCc1cccc(Cl)c1. The fraction of sp³-hybridized carbons (Fsp3) is 0.222. The number of carbonyl (C=O) groups excluding carboxylic acids is 2. The molecule has 1 amide bonds. The smallest absolute Gasteiger partial charge is 0.310 e. The van der Waals surface area contributed by atoms with Crippen molar-refractivity contribution in [3.05, 3.63) is 63.6 Å². The first kappa shape index (κ1) is 19.1. The lowest BCUT2D eigenvalue weighted by molar-refractivity contribution is -0.147. The van der Waals surface area contributed by atoms with Crippen LogP contribution in [-0.4, -0.2) is 25.6 Å². The summed E-state index contributed by atoms with van der Waals surface area (Å²) in [6.45, 7) is -0.0542. The van der Waals surface area contributed by atoms with Gasteiger partial charge in [0, 0.05) is 22.2 Å². The summed E-state index contributed by atoms with van der Waals surface area (Å²) in [5.74, 6) is -0.406. The van der Waals surface area contributed by atoms with Gasteiger partial charge in [0.05, 0.1) is 13.5 Å². The summed E-state index contributed by atoms with van der Waals surface area (Å²) in [5.41, 5.74) is 1.45. The Balaban J connectivity index is 1.79. The summed E-state index contributed by atoms with van der Waals surface area (Å²) in [4.78, 5) is 23.7. The molecule has 0 saturated heterocycles. The molecule has 0 saturated carbocycles. The van der Waals surface area contributed by atoms with E-state index in [1.165, 1.54) is 7.11 Å². The number of ether oxygens (including phenoxy) is 2. The molecule has 0 fully saturated rings. The van der Waals surface area contributed by atoms with Crippen LogP contribution >= 0.6 is 23.2 Å². The van der Waals surface area contributed by atoms with Crippen molar-refractivity contribution < 1.29 is 19.1 Å². The molecule has 0 aliphatic carbocycles. The van der Waals surface area contributed by atoms with Gasteiger partial charge in [0.2, 0.25) is 0 Å². The monoisotopic (exact) mass is 381 g/mol. The summed E-state index contributed by atoms with van der Waals surface area (Å²) >= 11 is 11.8. The number of nitrogens with one attached hydrogen (secondary N) is 1. The first-order chi connectivity index (χ1) is 12.0. The van der Waals surface area contributed by atoms with Crippen LogP contribution in [0.3, 0.4) is 0 Å². The van der Waals surface area contributed by atoms with Crippen molar-refractivity contribution in [3.8, 4) is 5.75 Å². The molecule has 0 radical (unpaired) electrons. The lowest BCUT2D eigenvalue weighted by atomic mass is 10.1. The second-order valence-corrected chi connectivity index (χ2v) is 6.07. The molecule has 7 heteroatoms. The van der Waals surface area contributed by atoms with Crippen LogP contribution in [0, 0.1) is 0 Å². The molecule has 0 unspecified atom stereocenters. The predicted octanol–water partition coefficient (Wildman–Crippen LogP) is 3.40. The lowest BCUT2D eigenvalue weighted by Crippen LogP contribution is -2.28. The largest absolute Gasteiger partial charge is 0.496 e. The van der Waals surface area contributed by atoms with E-state index in [1.54, 1.807) is 36.4 Å². The molecule has 2 rings (SSSR count). The molecule has 2 aromatic carbocycles. The van der Waals surface area contributed by atoms with Crippen molar-refractivity contribution in [1.29, 1.82) is 0 Å². The van der Waals surface area contributed by atoms with Gasteiger partial charge in [-0.2, -0.15) is 0 Å².